The molecule has 68 valence electrons. The normalized spacial score (nSPS) is 9.62. The molecule has 0 saturated carbocycles. The lowest BCUT2D eigenvalue weighted by atomic mass is 10.1. The Morgan fingerprint density at radius 3 is 2.85 bits per heavy atom. The monoisotopic (exact) mass is 257 g/mol. The fourth-order valence-electron chi connectivity index (χ4n) is 1.08. The molecule has 0 radical (unpaired) electrons. The van der Waals surface area contributed by atoms with Crippen LogP contribution in [0, 0.1) is 11.3 Å². The maximum absolute atomic E-state index is 8.37. The molecular weight excluding hydrogens is 249 g/mol. The van der Waals surface area contributed by atoms with Gasteiger partial charge in [0.1, 0.15) is 0 Å². The molecule has 0 spiro atoms. The number of nitrogens with zero attached hydrogens (tertiary/aromatic N) is 1. The molecule has 0 fully saturated rings. The van der Waals surface area contributed by atoms with Crippen molar-refractivity contribution in [3.8, 4) is 6.07 Å². The van der Waals surface area contributed by atoms with Crippen LogP contribution in [0.25, 0.3) is 0 Å². The number of unbranched alkanes of at least 4 members (excludes halogenated alkanes) is 1. The SMILES string of the molecule is N#CCCCc1ccc(Br)cc1Cl. The predicted molar refractivity (Wildman–Crippen MR) is 57.7 cm³/mol. The van der Waals surface area contributed by atoms with Gasteiger partial charge < -0.3 is 0 Å². The summed E-state index contributed by atoms with van der Waals surface area (Å²) in [6, 6.07) is 7.95. The molecular formula is C10H9BrClN. The molecule has 0 aliphatic carbocycles. The molecule has 0 atom stereocenters. The second-order valence-electron chi connectivity index (χ2n) is 2.75. The molecule has 13 heavy (non-hydrogen) atoms. The van der Waals surface area contributed by atoms with Crippen molar-refractivity contribution in [3.63, 3.8) is 0 Å². The first kappa shape index (κ1) is 10.6. The zero-order chi connectivity index (χ0) is 9.68. The smallest absolute Gasteiger partial charge is 0.0621 e. The second-order valence-corrected chi connectivity index (χ2v) is 4.07. The maximum Gasteiger partial charge on any atom is 0.0621 e. The number of nitriles is 1. The minimum absolute atomic E-state index is 0.590. The summed E-state index contributed by atoms with van der Waals surface area (Å²) in [5.74, 6) is 0. The first-order valence-corrected chi connectivity index (χ1v) is 5.22. The van der Waals surface area contributed by atoms with Crippen LogP contribution in [0.4, 0.5) is 0 Å². The summed E-state index contributed by atoms with van der Waals surface area (Å²) in [5, 5.41) is 9.14. The number of hydrogen-bond donors (Lipinski definition) is 0. The molecule has 0 aliphatic heterocycles. The van der Waals surface area contributed by atoms with Crippen LogP contribution in [0.2, 0.25) is 5.02 Å². The van der Waals surface area contributed by atoms with E-state index in [9.17, 15) is 0 Å². The van der Waals surface area contributed by atoms with Gasteiger partial charge in [0.2, 0.25) is 0 Å². The zero-order valence-corrected chi connectivity index (χ0v) is 9.40. The summed E-state index contributed by atoms with van der Waals surface area (Å²) in [4.78, 5) is 0. The summed E-state index contributed by atoms with van der Waals surface area (Å²) in [6.07, 6.45) is 2.34. The average Bonchev–Trinajstić information content (AvgIpc) is 2.09. The molecule has 3 heteroatoms. The van der Waals surface area contributed by atoms with Crippen molar-refractivity contribution in [2.24, 2.45) is 0 Å². The van der Waals surface area contributed by atoms with Gasteiger partial charge in [0.25, 0.3) is 0 Å². The van der Waals surface area contributed by atoms with E-state index < -0.39 is 0 Å². The fourth-order valence-corrected chi connectivity index (χ4v) is 1.85. The molecule has 0 N–H and O–H groups in total. The van der Waals surface area contributed by atoms with Gasteiger partial charge in [-0.15, -0.1) is 0 Å². The Bertz CT molecular complexity index is 330. The van der Waals surface area contributed by atoms with Gasteiger partial charge in [-0.25, -0.2) is 0 Å². The van der Waals surface area contributed by atoms with E-state index >= 15 is 0 Å². The molecule has 0 aliphatic rings. The Hall–Kier alpha value is -0.520. The standard InChI is InChI=1S/C10H9BrClN/c11-9-5-4-8(10(12)7-9)3-1-2-6-13/h4-5,7H,1-3H2. The largest absolute Gasteiger partial charge is 0.198 e. The van der Waals surface area contributed by atoms with E-state index in [0.29, 0.717) is 6.42 Å². The van der Waals surface area contributed by atoms with E-state index in [1.54, 1.807) is 0 Å². The van der Waals surface area contributed by atoms with Crippen LogP contribution >= 0.6 is 27.5 Å². The maximum atomic E-state index is 8.37. The van der Waals surface area contributed by atoms with Gasteiger partial charge in [0.15, 0.2) is 0 Å². The van der Waals surface area contributed by atoms with Crippen LogP contribution in [0.5, 0.6) is 0 Å². The van der Waals surface area contributed by atoms with Crippen LogP contribution in [0.1, 0.15) is 18.4 Å². The summed E-state index contributed by atoms with van der Waals surface area (Å²) in [6.45, 7) is 0. The highest BCUT2D eigenvalue weighted by atomic mass is 79.9. The van der Waals surface area contributed by atoms with Crippen LogP contribution in [0.15, 0.2) is 22.7 Å². The second kappa shape index (κ2) is 5.26. The number of rotatable bonds is 3. The summed E-state index contributed by atoms with van der Waals surface area (Å²) >= 11 is 9.34. The molecule has 0 heterocycles. The van der Waals surface area contributed by atoms with Gasteiger partial charge in [-0.05, 0) is 30.5 Å². The van der Waals surface area contributed by atoms with Crippen molar-refractivity contribution in [2.75, 3.05) is 0 Å². The molecule has 0 aromatic heterocycles. The topological polar surface area (TPSA) is 23.8 Å². The van der Waals surface area contributed by atoms with Gasteiger partial charge in [0, 0.05) is 15.9 Å². The lowest BCUT2D eigenvalue weighted by Gasteiger charge is -2.02. The highest BCUT2D eigenvalue weighted by Crippen LogP contribution is 2.22. The van der Waals surface area contributed by atoms with E-state index in [1.807, 2.05) is 18.2 Å². The molecule has 0 amide bonds. The van der Waals surface area contributed by atoms with Crippen LogP contribution in [-0.2, 0) is 6.42 Å². The first-order valence-electron chi connectivity index (χ1n) is 4.05. The van der Waals surface area contributed by atoms with Crippen molar-refractivity contribution < 1.29 is 0 Å². The minimum atomic E-state index is 0.590. The summed E-state index contributed by atoms with van der Waals surface area (Å²) in [7, 11) is 0. The Morgan fingerprint density at radius 1 is 1.46 bits per heavy atom. The molecule has 1 aromatic rings. The quantitative estimate of drug-likeness (QED) is 0.753. The van der Waals surface area contributed by atoms with E-state index in [1.165, 1.54) is 0 Å². The number of benzene rings is 1. The van der Waals surface area contributed by atoms with Gasteiger partial charge in [-0.1, -0.05) is 33.6 Å². The van der Waals surface area contributed by atoms with Crippen molar-refractivity contribution in [1.29, 1.82) is 5.26 Å². The predicted octanol–water partition coefficient (Wildman–Crippen LogP) is 3.95. The van der Waals surface area contributed by atoms with Crippen LogP contribution in [0.3, 0.4) is 0 Å². The molecule has 1 nitrogen and oxygen atoms in total. The van der Waals surface area contributed by atoms with E-state index in [0.717, 1.165) is 27.9 Å². The molecule has 0 bridgehead atoms. The van der Waals surface area contributed by atoms with Crippen molar-refractivity contribution in [1.82, 2.24) is 0 Å². The third kappa shape index (κ3) is 3.38. The molecule has 1 rings (SSSR count). The van der Waals surface area contributed by atoms with E-state index in [4.69, 9.17) is 16.9 Å². The van der Waals surface area contributed by atoms with Gasteiger partial charge in [0.05, 0.1) is 6.07 Å². The highest BCUT2D eigenvalue weighted by Gasteiger charge is 2.00. The Kier molecular flexibility index (Phi) is 4.27. The average molecular weight is 259 g/mol. The number of aryl methyl sites for hydroxylation is 1. The summed E-state index contributed by atoms with van der Waals surface area (Å²) in [5.41, 5.74) is 1.11. The van der Waals surface area contributed by atoms with Crippen molar-refractivity contribution >= 4 is 27.5 Å². The third-order valence-corrected chi connectivity index (χ3v) is 2.59. The Morgan fingerprint density at radius 2 is 2.23 bits per heavy atom. The van der Waals surface area contributed by atoms with Crippen molar-refractivity contribution in [3.05, 3.63) is 33.3 Å². The van der Waals surface area contributed by atoms with Crippen molar-refractivity contribution in [2.45, 2.75) is 19.3 Å². The number of halogens is 2. The van der Waals surface area contributed by atoms with Crippen LogP contribution in [-0.4, -0.2) is 0 Å². The van der Waals surface area contributed by atoms with Gasteiger partial charge >= 0.3 is 0 Å². The molecule has 0 saturated heterocycles. The van der Waals surface area contributed by atoms with Gasteiger partial charge in [-0.2, -0.15) is 5.26 Å². The summed E-state index contributed by atoms with van der Waals surface area (Å²) < 4.78 is 0.988. The van der Waals surface area contributed by atoms with E-state index in [-0.39, 0.29) is 0 Å². The fraction of sp³-hybridized carbons (Fsp3) is 0.300. The lowest BCUT2D eigenvalue weighted by Crippen LogP contribution is -1.86. The Labute approximate surface area is 91.5 Å². The highest BCUT2D eigenvalue weighted by molar-refractivity contribution is 9.10. The zero-order valence-electron chi connectivity index (χ0n) is 7.06. The minimum Gasteiger partial charge on any atom is -0.198 e. The van der Waals surface area contributed by atoms with Gasteiger partial charge in [-0.3, -0.25) is 0 Å². The lowest BCUT2D eigenvalue weighted by molar-refractivity contribution is 0.850. The molecule has 1 aromatic carbocycles. The van der Waals surface area contributed by atoms with E-state index in [2.05, 4.69) is 22.0 Å². The van der Waals surface area contributed by atoms with Crippen LogP contribution < -0.4 is 0 Å². The molecule has 0 unspecified atom stereocenters. The third-order valence-electron chi connectivity index (χ3n) is 1.75. The first-order chi connectivity index (χ1) is 6.24. The number of hydrogen-bond acceptors (Lipinski definition) is 1. The Balaban J connectivity index is 2.62.